The van der Waals surface area contributed by atoms with Gasteiger partial charge in [-0.2, -0.15) is 0 Å². The summed E-state index contributed by atoms with van der Waals surface area (Å²) in [6.45, 7) is 9.39. The molecule has 1 unspecified atom stereocenters. The summed E-state index contributed by atoms with van der Waals surface area (Å²) in [4.78, 5) is 2.27. The Labute approximate surface area is 110 Å². The molecule has 0 aliphatic carbocycles. The Balaban J connectivity index is 3.09. The van der Waals surface area contributed by atoms with Crippen molar-refractivity contribution < 1.29 is 4.39 Å². The Hall–Kier alpha value is -1.09. The van der Waals surface area contributed by atoms with Gasteiger partial charge >= 0.3 is 0 Å². The Bertz CT molecular complexity index is 377. The number of hydrogen-bond donors (Lipinski definition) is 1. The van der Waals surface area contributed by atoms with Gasteiger partial charge < -0.3 is 10.6 Å². The second-order valence-electron chi connectivity index (χ2n) is 5.03. The molecule has 0 aliphatic heterocycles. The average molecular weight is 252 g/mol. The number of rotatable bonds is 6. The van der Waals surface area contributed by atoms with E-state index in [0.29, 0.717) is 6.04 Å². The number of hydrogen-bond acceptors (Lipinski definition) is 2. The maximum Gasteiger partial charge on any atom is 0.123 e. The largest absolute Gasteiger partial charge is 0.369 e. The first-order valence-electron chi connectivity index (χ1n) is 6.80. The topological polar surface area (TPSA) is 29.3 Å². The molecule has 1 aromatic carbocycles. The van der Waals surface area contributed by atoms with Crippen LogP contribution in [0.15, 0.2) is 18.2 Å². The Morgan fingerprint density at radius 1 is 1.28 bits per heavy atom. The number of nitrogens with two attached hydrogens (primary N) is 1. The molecule has 0 aliphatic rings. The van der Waals surface area contributed by atoms with Gasteiger partial charge in [-0.3, -0.25) is 0 Å². The van der Waals surface area contributed by atoms with E-state index in [9.17, 15) is 4.39 Å². The van der Waals surface area contributed by atoms with Gasteiger partial charge in [-0.25, -0.2) is 4.39 Å². The predicted octanol–water partition coefficient (Wildman–Crippen LogP) is 3.34. The van der Waals surface area contributed by atoms with Crippen molar-refractivity contribution in [3.8, 4) is 0 Å². The van der Waals surface area contributed by atoms with E-state index in [0.717, 1.165) is 30.6 Å². The molecule has 3 heteroatoms. The van der Waals surface area contributed by atoms with Gasteiger partial charge in [0.05, 0.1) is 0 Å². The molecular weight excluding hydrogens is 227 g/mol. The lowest BCUT2D eigenvalue weighted by Crippen LogP contribution is -2.32. The van der Waals surface area contributed by atoms with E-state index < -0.39 is 0 Å². The van der Waals surface area contributed by atoms with Crippen LogP contribution in [0, 0.1) is 5.82 Å². The molecule has 0 saturated heterocycles. The van der Waals surface area contributed by atoms with Crippen LogP contribution in [-0.2, 0) is 6.42 Å². The fraction of sp³-hybridized carbons (Fsp3) is 0.600. The zero-order valence-electron chi connectivity index (χ0n) is 11.9. The number of benzene rings is 1. The van der Waals surface area contributed by atoms with Crippen molar-refractivity contribution in [2.75, 3.05) is 11.4 Å². The maximum absolute atomic E-state index is 13.4. The van der Waals surface area contributed by atoms with E-state index in [1.54, 1.807) is 6.07 Å². The molecule has 1 rings (SSSR count). The van der Waals surface area contributed by atoms with Crippen LogP contribution in [0.4, 0.5) is 10.1 Å². The van der Waals surface area contributed by atoms with Gasteiger partial charge in [0.25, 0.3) is 0 Å². The van der Waals surface area contributed by atoms with Crippen molar-refractivity contribution in [3.05, 3.63) is 29.6 Å². The normalized spacial score (nSPS) is 12.8. The van der Waals surface area contributed by atoms with Gasteiger partial charge in [0.2, 0.25) is 0 Å². The van der Waals surface area contributed by atoms with E-state index in [4.69, 9.17) is 5.73 Å². The van der Waals surface area contributed by atoms with E-state index >= 15 is 0 Å². The second-order valence-corrected chi connectivity index (χ2v) is 5.03. The number of halogens is 1. The number of nitrogens with zero attached hydrogens (tertiary/aromatic N) is 1. The van der Waals surface area contributed by atoms with Crippen LogP contribution in [-0.4, -0.2) is 18.6 Å². The van der Waals surface area contributed by atoms with Gasteiger partial charge in [-0.15, -0.1) is 0 Å². The third-order valence-electron chi connectivity index (χ3n) is 3.32. The van der Waals surface area contributed by atoms with E-state index in [1.807, 2.05) is 6.07 Å². The summed E-state index contributed by atoms with van der Waals surface area (Å²) >= 11 is 0. The molecule has 0 heterocycles. The van der Waals surface area contributed by atoms with Gasteiger partial charge in [-0.05, 0) is 57.4 Å². The highest BCUT2D eigenvalue weighted by atomic mass is 19.1. The molecule has 0 bridgehead atoms. The molecule has 102 valence electrons. The summed E-state index contributed by atoms with van der Waals surface area (Å²) in [5.41, 5.74) is 8.12. The van der Waals surface area contributed by atoms with Crippen molar-refractivity contribution >= 4 is 5.69 Å². The van der Waals surface area contributed by atoms with Crippen LogP contribution in [0.5, 0.6) is 0 Å². The van der Waals surface area contributed by atoms with E-state index in [2.05, 4.69) is 32.6 Å². The molecule has 18 heavy (non-hydrogen) atoms. The summed E-state index contributed by atoms with van der Waals surface area (Å²) in [6.07, 6.45) is 1.64. The van der Waals surface area contributed by atoms with E-state index in [-0.39, 0.29) is 11.9 Å². The zero-order valence-corrected chi connectivity index (χ0v) is 11.9. The van der Waals surface area contributed by atoms with Crippen LogP contribution in [0.2, 0.25) is 0 Å². The number of anilines is 1. The Kier molecular flexibility index (Phi) is 5.60. The van der Waals surface area contributed by atoms with Crippen LogP contribution in [0.3, 0.4) is 0 Å². The first-order chi connectivity index (χ1) is 8.49. The fourth-order valence-electron chi connectivity index (χ4n) is 2.24. The molecule has 1 atom stereocenters. The molecular formula is C15H25FN2. The minimum absolute atomic E-state index is 0.0939. The van der Waals surface area contributed by atoms with Crippen LogP contribution in [0.25, 0.3) is 0 Å². The smallest absolute Gasteiger partial charge is 0.123 e. The summed E-state index contributed by atoms with van der Waals surface area (Å²) in [7, 11) is 0. The molecule has 0 saturated carbocycles. The average Bonchev–Trinajstić information content (AvgIpc) is 2.32. The quantitative estimate of drug-likeness (QED) is 0.841. The standard InChI is InChI=1S/C15H25FN2/c1-5-14(17)10-12-9-13(16)7-8-15(12)18(6-2)11(3)4/h7-9,11,14H,5-6,10,17H2,1-4H3. The van der Waals surface area contributed by atoms with Gasteiger partial charge in [-0.1, -0.05) is 6.92 Å². The van der Waals surface area contributed by atoms with Crippen LogP contribution >= 0.6 is 0 Å². The lowest BCUT2D eigenvalue weighted by molar-refractivity contribution is 0.610. The van der Waals surface area contributed by atoms with E-state index in [1.165, 1.54) is 6.07 Å². The van der Waals surface area contributed by atoms with Crippen molar-refractivity contribution in [2.24, 2.45) is 5.73 Å². The third-order valence-corrected chi connectivity index (χ3v) is 3.32. The lowest BCUT2D eigenvalue weighted by atomic mass is 10.0. The Morgan fingerprint density at radius 2 is 1.94 bits per heavy atom. The van der Waals surface area contributed by atoms with Gasteiger partial charge in [0.15, 0.2) is 0 Å². The minimum atomic E-state index is -0.183. The maximum atomic E-state index is 13.4. The predicted molar refractivity (Wildman–Crippen MR) is 76.5 cm³/mol. The van der Waals surface area contributed by atoms with Crippen LogP contribution < -0.4 is 10.6 Å². The van der Waals surface area contributed by atoms with Crippen molar-refractivity contribution in [3.63, 3.8) is 0 Å². The second kappa shape index (κ2) is 6.74. The molecule has 2 nitrogen and oxygen atoms in total. The molecule has 0 fully saturated rings. The van der Waals surface area contributed by atoms with Crippen LogP contribution in [0.1, 0.15) is 39.7 Å². The first kappa shape index (κ1) is 15.0. The first-order valence-corrected chi connectivity index (χ1v) is 6.80. The van der Waals surface area contributed by atoms with Crippen molar-refractivity contribution in [2.45, 2.75) is 52.6 Å². The monoisotopic (exact) mass is 252 g/mol. The highest BCUT2D eigenvalue weighted by molar-refractivity contribution is 5.54. The Morgan fingerprint density at radius 3 is 2.44 bits per heavy atom. The highest BCUT2D eigenvalue weighted by Gasteiger charge is 2.15. The molecule has 0 aromatic heterocycles. The molecule has 0 radical (unpaired) electrons. The zero-order chi connectivity index (χ0) is 13.7. The fourth-order valence-corrected chi connectivity index (χ4v) is 2.24. The third kappa shape index (κ3) is 3.70. The van der Waals surface area contributed by atoms with Gasteiger partial charge in [0, 0.05) is 24.3 Å². The van der Waals surface area contributed by atoms with Crippen molar-refractivity contribution in [1.29, 1.82) is 0 Å². The van der Waals surface area contributed by atoms with Gasteiger partial charge in [0.1, 0.15) is 5.82 Å². The minimum Gasteiger partial charge on any atom is -0.369 e. The van der Waals surface area contributed by atoms with Crippen molar-refractivity contribution in [1.82, 2.24) is 0 Å². The highest BCUT2D eigenvalue weighted by Crippen LogP contribution is 2.25. The summed E-state index contributed by atoms with van der Waals surface area (Å²) < 4.78 is 13.4. The molecule has 0 spiro atoms. The molecule has 2 N–H and O–H groups in total. The lowest BCUT2D eigenvalue weighted by Gasteiger charge is -2.30. The summed E-state index contributed by atoms with van der Waals surface area (Å²) in [6, 6.07) is 5.52. The SMILES string of the molecule is CCC(N)Cc1cc(F)ccc1N(CC)C(C)C. The summed E-state index contributed by atoms with van der Waals surface area (Å²) in [5, 5.41) is 0. The molecule has 1 aromatic rings. The summed E-state index contributed by atoms with van der Waals surface area (Å²) in [5.74, 6) is -0.183. The molecule has 0 amide bonds.